The minimum Gasteiger partial charge on any atom is -0.395 e. The lowest BCUT2D eigenvalue weighted by Gasteiger charge is -2.39. The summed E-state index contributed by atoms with van der Waals surface area (Å²) in [4.78, 5) is 15.9. The van der Waals surface area contributed by atoms with E-state index < -0.39 is 5.54 Å². The maximum Gasteiger partial charge on any atom is 0.237 e. The van der Waals surface area contributed by atoms with Crippen molar-refractivity contribution < 1.29 is 14.6 Å². The average Bonchev–Trinajstić information content (AvgIpc) is 2.52. The number of aliphatic hydroxyl groups excluding tert-OH is 1. The Labute approximate surface area is 127 Å². The van der Waals surface area contributed by atoms with Crippen molar-refractivity contribution in [2.75, 3.05) is 47.0 Å². The minimum absolute atomic E-state index is 0.00407. The molecule has 0 aromatic heterocycles. The first-order valence-electron chi connectivity index (χ1n) is 7.59. The van der Waals surface area contributed by atoms with Crippen LogP contribution in [0, 0.1) is 11.3 Å². The fraction of sp³-hybridized carbons (Fsp3) is 0.867. The highest BCUT2D eigenvalue weighted by Crippen LogP contribution is 2.32. The lowest BCUT2D eigenvalue weighted by Crippen LogP contribution is -2.53. The molecule has 6 heteroatoms. The number of carbonyl (C=O) groups is 1. The van der Waals surface area contributed by atoms with Gasteiger partial charge in [0.2, 0.25) is 5.91 Å². The molecule has 0 bridgehead atoms. The average molecular weight is 297 g/mol. The summed E-state index contributed by atoms with van der Waals surface area (Å²) in [5.41, 5.74) is -0.651. The van der Waals surface area contributed by atoms with Crippen molar-refractivity contribution >= 4 is 5.91 Å². The van der Waals surface area contributed by atoms with Crippen molar-refractivity contribution in [2.45, 2.75) is 37.6 Å². The number of hydrogen-bond acceptors (Lipinski definition) is 5. The van der Waals surface area contributed by atoms with Crippen molar-refractivity contribution in [2.24, 2.45) is 0 Å². The van der Waals surface area contributed by atoms with Gasteiger partial charge in [0.25, 0.3) is 0 Å². The Morgan fingerprint density at radius 1 is 1.33 bits per heavy atom. The summed E-state index contributed by atoms with van der Waals surface area (Å²) in [7, 11) is 3.34. The number of hydrogen-bond donors (Lipinski definition) is 1. The second-order valence-electron chi connectivity index (χ2n) is 5.65. The zero-order valence-electron chi connectivity index (χ0n) is 13.2. The van der Waals surface area contributed by atoms with Crippen LogP contribution in [0.4, 0.5) is 0 Å². The van der Waals surface area contributed by atoms with Crippen LogP contribution in [-0.2, 0) is 9.53 Å². The van der Waals surface area contributed by atoms with Crippen LogP contribution < -0.4 is 0 Å². The predicted molar refractivity (Wildman–Crippen MR) is 79.6 cm³/mol. The Morgan fingerprint density at radius 3 is 2.52 bits per heavy atom. The van der Waals surface area contributed by atoms with Gasteiger partial charge in [0.1, 0.15) is 5.54 Å². The Bertz CT molecular complexity index is 362. The smallest absolute Gasteiger partial charge is 0.237 e. The summed E-state index contributed by atoms with van der Waals surface area (Å²) in [6, 6.07) is 2.36. The monoisotopic (exact) mass is 297 g/mol. The maximum absolute atomic E-state index is 12.5. The van der Waals surface area contributed by atoms with Crippen molar-refractivity contribution in [3.05, 3.63) is 0 Å². The van der Waals surface area contributed by atoms with Gasteiger partial charge in [0, 0.05) is 27.2 Å². The van der Waals surface area contributed by atoms with Gasteiger partial charge in [0.05, 0.1) is 25.8 Å². The Hall–Kier alpha value is -1.16. The molecular weight excluding hydrogens is 270 g/mol. The molecule has 0 unspecified atom stereocenters. The van der Waals surface area contributed by atoms with Crippen LogP contribution in [0.3, 0.4) is 0 Å². The summed E-state index contributed by atoms with van der Waals surface area (Å²) < 4.78 is 5.02. The third-order valence-electron chi connectivity index (χ3n) is 4.29. The summed E-state index contributed by atoms with van der Waals surface area (Å²) in [5, 5.41) is 18.6. The summed E-state index contributed by atoms with van der Waals surface area (Å²) in [6.45, 7) is 1.76. The number of likely N-dealkylation sites (N-methyl/N-ethyl adjacent to an activating group) is 1. The molecule has 0 saturated heterocycles. The number of nitrogens with zero attached hydrogens (tertiary/aromatic N) is 3. The molecule has 0 aromatic rings. The molecule has 0 atom stereocenters. The van der Waals surface area contributed by atoms with Gasteiger partial charge in [-0.25, -0.2) is 0 Å². The molecule has 1 saturated carbocycles. The van der Waals surface area contributed by atoms with E-state index in [2.05, 4.69) is 6.07 Å². The standard InChI is InChI=1S/C15H27N3O3/c1-17(15(13-16)6-4-3-5-7-15)14(20)12-18(8-10-19)9-11-21-2/h19H,3-12H2,1-2H3. The quantitative estimate of drug-likeness (QED) is 0.710. The molecule has 1 aliphatic rings. The van der Waals surface area contributed by atoms with Crippen LogP contribution in [0.25, 0.3) is 0 Å². The van der Waals surface area contributed by atoms with Gasteiger partial charge in [-0.3, -0.25) is 9.69 Å². The highest BCUT2D eigenvalue weighted by Gasteiger charge is 2.38. The van der Waals surface area contributed by atoms with E-state index >= 15 is 0 Å². The van der Waals surface area contributed by atoms with Crippen LogP contribution in [-0.4, -0.2) is 73.4 Å². The summed E-state index contributed by atoms with van der Waals surface area (Å²) in [5.74, 6) is -0.0667. The van der Waals surface area contributed by atoms with Crippen LogP contribution in [0.15, 0.2) is 0 Å². The summed E-state index contributed by atoms with van der Waals surface area (Å²) in [6.07, 6.45) is 4.63. The fourth-order valence-corrected chi connectivity index (χ4v) is 2.83. The first kappa shape index (κ1) is 17.9. The van der Waals surface area contributed by atoms with Gasteiger partial charge in [-0.1, -0.05) is 19.3 Å². The number of aliphatic hydroxyl groups is 1. The zero-order valence-corrected chi connectivity index (χ0v) is 13.2. The van der Waals surface area contributed by atoms with Gasteiger partial charge in [-0.05, 0) is 12.8 Å². The number of amides is 1. The van der Waals surface area contributed by atoms with Crippen LogP contribution >= 0.6 is 0 Å². The van der Waals surface area contributed by atoms with E-state index in [1.54, 1.807) is 19.1 Å². The topological polar surface area (TPSA) is 76.8 Å². The highest BCUT2D eigenvalue weighted by atomic mass is 16.5. The van der Waals surface area contributed by atoms with Crippen molar-refractivity contribution in [1.82, 2.24) is 9.80 Å². The third-order valence-corrected chi connectivity index (χ3v) is 4.29. The molecule has 120 valence electrons. The van der Waals surface area contributed by atoms with E-state index in [1.807, 2.05) is 4.90 Å². The SMILES string of the molecule is COCCN(CCO)CC(=O)N(C)C1(C#N)CCCCC1. The predicted octanol–water partition coefficient (Wildman–Crippen LogP) is 0.612. The highest BCUT2D eigenvalue weighted by molar-refractivity contribution is 5.79. The van der Waals surface area contributed by atoms with Crippen LogP contribution in [0.1, 0.15) is 32.1 Å². The number of methoxy groups -OCH3 is 1. The normalized spacial score (nSPS) is 17.5. The van der Waals surface area contributed by atoms with Gasteiger partial charge >= 0.3 is 0 Å². The van der Waals surface area contributed by atoms with Crippen molar-refractivity contribution in [3.63, 3.8) is 0 Å². The number of nitriles is 1. The van der Waals surface area contributed by atoms with Crippen LogP contribution in [0.5, 0.6) is 0 Å². The Kier molecular flexibility index (Phi) is 7.65. The molecule has 0 radical (unpaired) electrons. The van der Waals surface area contributed by atoms with E-state index in [9.17, 15) is 10.1 Å². The molecule has 21 heavy (non-hydrogen) atoms. The first-order chi connectivity index (χ1) is 10.1. The second kappa shape index (κ2) is 8.98. The third kappa shape index (κ3) is 4.95. The molecule has 0 heterocycles. The first-order valence-corrected chi connectivity index (χ1v) is 7.59. The van der Waals surface area contributed by atoms with E-state index in [0.29, 0.717) is 19.7 Å². The van der Waals surface area contributed by atoms with Gasteiger partial charge < -0.3 is 14.7 Å². The molecule has 1 fully saturated rings. The molecule has 1 N–H and O–H groups in total. The molecule has 1 amide bonds. The molecule has 0 aliphatic heterocycles. The molecule has 0 spiro atoms. The number of carbonyl (C=O) groups excluding carboxylic acids is 1. The maximum atomic E-state index is 12.5. The lowest BCUT2D eigenvalue weighted by molar-refractivity contribution is -0.136. The molecular formula is C15H27N3O3. The van der Waals surface area contributed by atoms with E-state index in [-0.39, 0.29) is 19.1 Å². The fourth-order valence-electron chi connectivity index (χ4n) is 2.83. The zero-order chi connectivity index (χ0) is 15.7. The van der Waals surface area contributed by atoms with Crippen molar-refractivity contribution in [1.29, 1.82) is 5.26 Å². The molecule has 6 nitrogen and oxygen atoms in total. The largest absolute Gasteiger partial charge is 0.395 e. The Balaban J connectivity index is 2.64. The van der Waals surface area contributed by atoms with Gasteiger partial charge in [-0.15, -0.1) is 0 Å². The van der Waals surface area contributed by atoms with E-state index in [1.165, 1.54) is 0 Å². The minimum atomic E-state index is -0.651. The van der Waals surface area contributed by atoms with E-state index in [4.69, 9.17) is 9.84 Å². The van der Waals surface area contributed by atoms with Crippen LogP contribution in [0.2, 0.25) is 0 Å². The van der Waals surface area contributed by atoms with Gasteiger partial charge in [-0.2, -0.15) is 5.26 Å². The molecule has 0 aromatic carbocycles. The lowest BCUT2D eigenvalue weighted by atomic mass is 9.81. The van der Waals surface area contributed by atoms with E-state index in [0.717, 1.165) is 32.1 Å². The summed E-state index contributed by atoms with van der Waals surface area (Å²) >= 11 is 0. The Morgan fingerprint density at radius 2 is 2.00 bits per heavy atom. The number of rotatable bonds is 8. The number of ether oxygens (including phenoxy) is 1. The van der Waals surface area contributed by atoms with Crippen molar-refractivity contribution in [3.8, 4) is 6.07 Å². The molecule has 1 rings (SSSR count). The van der Waals surface area contributed by atoms with Gasteiger partial charge in [0.15, 0.2) is 0 Å². The molecule has 1 aliphatic carbocycles. The second-order valence-corrected chi connectivity index (χ2v) is 5.65.